The fourth-order valence-electron chi connectivity index (χ4n) is 2.98. The maximum atomic E-state index is 5.89. The Hall–Kier alpha value is -2.21. The molecule has 0 aromatic carbocycles. The average Bonchev–Trinajstić information content (AvgIpc) is 2.59. The third-order valence-corrected chi connectivity index (χ3v) is 4.09. The average molecular weight is 327 g/mol. The van der Waals surface area contributed by atoms with Crippen molar-refractivity contribution in [2.45, 2.75) is 57.8 Å². The van der Waals surface area contributed by atoms with Crippen LogP contribution < -0.4 is 10.6 Å². The van der Waals surface area contributed by atoms with Gasteiger partial charge in [-0.25, -0.2) is 9.97 Å². The van der Waals surface area contributed by atoms with Crippen LogP contribution in [0.4, 0.5) is 17.3 Å². The highest BCUT2D eigenvalue weighted by Crippen LogP contribution is 2.24. The van der Waals surface area contributed by atoms with E-state index in [-0.39, 0.29) is 0 Å². The first-order valence-corrected chi connectivity index (χ1v) is 8.60. The first-order chi connectivity index (χ1) is 11.7. The van der Waals surface area contributed by atoms with Crippen LogP contribution in [0.1, 0.15) is 39.5 Å². The number of ether oxygens (including phenoxy) is 1. The molecule has 6 heteroatoms. The molecule has 1 aliphatic carbocycles. The van der Waals surface area contributed by atoms with Gasteiger partial charge in [-0.2, -0.15) is 0 Å². The molecule has 1 saturated carbocycles. The second-order valence-corrected chi connectivity index (χ2v) is 6.46. The quantitative estimate of drug-likeness (QED) is 0.841. The van der Waals surface area contributed by atoms with Crippen molar-refractivity contribution >= 4 is 17.3 Å². The lowest BCUT2D eigenvalue weighted by atomic mass is 9.93. The molecule has 2 aromatic heterocycles. The summed E-state index contributed by atoms with van der Waals surface area (Å²) in [6.45, 7) is 4.19. The Labute approximate surface area is 143 Å². The van der Waals surface area contributed by atoms with Gasteiger partial charge in [-0.05, 0) is 51.7 Å². The van der Waals surface area contributed by atoms with Gasteiger partial charge in [0.05, 0.1) is 30.3 Å². The minimum Gasteiger partial charge on any atom is -0.376 e. The predicted octanol–water partition coefficient (Wildman–Crippen LogP) is 3.76. The van der Waals surface area contributed by atoms with Crippen molar-refractivity contribution in [2.75, 3.05) is 10.6 Å². The van der Waals surface area contributed by atoms with E-state index in [9.17, 15) is 0 Å². The van der Waals surface area contributed by atoms with Gasteiger partial charge in [0.2, 0.25) is 5.95 Å². The summed E-state index contributed by atoms with van der Waals surface area (Å²) in [6.07, 6.45) is 12.2. The van der Waals surface area contributed by atoms with Crippen molar-refractivity contribution in [3.63, 3.8) is 0 Å². The summed E-state index contributed by atoms with van der Waals surface area (Å²) < 4.78 is 5.89. The predicted molar refractivity (Wildman–Crippen MR) is 95.4 cm³/mol. The Morgan fingerprint density at radius 3 is 2.29 bits per heavy atom. The van der Waals surface area contributed by atoms with Gasteiger partial charge in [0.15, 0.2) is 0 Å². The fraction of sp³-hybridized carbons (Fsp3) is 0.500. The van der Waals surface area contributed by atoms with Gasteiger partial charge in [0.1, 0.15) is 0 Å². The van der Waals surface area contributed by atoms with Crippen molar-refractivity contribution in [3.8, 4) is 0 Å². The number of nitrogens with one attached hydrogen (secondary N) is 2. The molecule has 0 saturated heterocycles. The highest BCUT2D eigenvalue weighted by molar-refractivity contribution is 5.57. The van der Waals surface area contributed by atoms with Crippen LogP contribution in [0, 0.1) is 0 Å². The van der Waals surface area contributed by atoms with Crippen LogP contribution in [0.25, 0.3) is 0 Å². The molecule has 0 unspecified atom stereocenters. The molecule has 3 rings (SSSR count). The van der Waals surface area contributed by atoms with E-state index in [1.54, 1.807) is 24.8 Å². The lowest BCUT2D eigenvalue weighted by Crippen LogP contribution is -2.31. The molecule has 2 aromatic rings. The zero-order chi connectivity index (χ0) is 16.8. The maximum absolute atomic E-state index is 5.89. The molecule has 0 bridgehead atoms. The number of pyridine rings is 1. The second kappa shape index (κ2) is 8.06. The second-order valence-electron chi connectivity index (χ2n) is 6.46. The van der Waals surface area contributed by atoms with Crippen molar-refractivity contribution < 1.29 is 4.74 Å². The molecule has 24 heavy (non-hydrogen) atoms. The van der Waals surface area contributed by atoms with Crippen molar-refractivity contribution in [3.05, 3.63) is 36.9 Å². The van der Waals surface area contributed by atoms with E-state index in [1.165, 1.54) is 0 Å². The smallest absolute Gasteiger partial charge is 0.222 e. The number of nitrogens with zero attached hydrogens (tertiary/aromatic N) is 3. The van der Waals surface area contributed by atoms with Gasteiger partial charge in [0, 0.05) is 24.1 Å². The summed E-state index contributed by atoms with van der Waals surface area (Å²) in [5.74, 6) is 0.684. The number of aromatic nitrogens is 3. The summed E-state index contributed by atoms with van der Waals surface area (Å²) in [6, 6.07) is 4.24. The molecule has 2 heterocycles. The third kappa shape index (κ3) is 4.89. The van der Waals surface area contributed by atoms with Crippen LogP contribution in [-0.2, 0) is 4.74 Å². The first-order valence-electron chi connectivity index (χ1n) is 8.60. The van der Waals surface area contributed by atoms with E-state index in [0.717, 1.165) is 37.1 Å². The van der Waals surface area contributed by atoms with Crippen molar-refractivity contribution in [1.29, 1.82) is 0 Å². The Balaban J connectivity index is 1.48. The topological polar surface area (TPSA) is 72.0 Å². The standard InChI is InChI=1S/C18H25N5O/c1-13(2)24-17-5-3-14(4-6-17)23-18-20-11-16(12-21-18)22-15-7-9-19-10-8-15/h7-14,17H,3-6H2,1-2H3,(H,19,22)(H,20,21,23). The van der Waals surface area contributed by atoms with Crippen molar-refractivity contribution in [1.82, 2.24) is 15.0 Å². The van der Waals surface area contributed by atoms with E-state index in [4.69, 9.17) is 4.74 Å². The van der Waals surface area contributed by atoms with Gasteiger partial charge >= 0.3 is 0 Å². The monoisotopic (exact) mass is 327 g/mol. The summed E-state index contributed by atoms with van der Waals surface area (Å²) in [4.78, 5) is 12.8. The molecule has 0 amide bonds. The SMILES string of the molecule is CC(C)OC1CCC(Nc2ncc(Nc3ccncc3)cn2)CC1. The summed E-state index contributed by atoms with van der Waals surface area (Å²) in [5.41, 5.74) is 1.83. The van der Waals surface area contributed by atoms with Gasteiger partial charge in [-0.3, -0.25) is 4.98 Å². The van der Waals surface area contributed by atoms with Crippen LogP contribution in [-0.4, -0.2) is 33.2 Å². The minimum atomic E-state index is 0.309. The van der Waals surface area contributed by atoms with E-state index < -0.39 is 0 Å². The van der Waals surface area contributed by atoms with Crippen LogP contribution >= 0.6 is 0 Å². The largest absolute Gasteiger partial charge is 0.376 e. The summed E-state index contributed by atoms with van der Waals surface area (Å²) in [7, 11) is 0. The van der Waals surface area contributed by atoms with Crippen LogP contribution in [0.2, 0.25) is 0 Å². The molecule has 1 aliphatic rings. The third-order valence-electron chi connectivity index (χ3n) is 4.09. The fourth-order valence-corrected chi connectivity index (χ4v) is 2.98. The molecule has 6 nitrogen and oxygen atoms in total. The molecular formula is C18H25N5O. The minimum absolute atomic E-state index is 0.309. The van der Waals surface area contributed by atoms with Crippen molar-refractivity contribution in [2.24, 2.45) is 0 Å². The van der Waals surface area contributed by atoms with Crippen LogP contribution in [0.15, 0.2) is 36.9 Å². The van der Waals surface area contributed by atoms with E-state index >= 15 is 0 Å². The van der Waals surface area contributed by atoms with Crippen LogP contribution in [0.5, 0.6) is 0 Å². The van der Waals surface area contributed by atoms with Gasteiger partial charge in [0.25, 0.3) is 0 Å². The Morgan fingerprint density at radius 1 is 1.00 bits per heavy atom. The Kier molecular flexibility index (Phi) is 5.59. The lowest BCUT2D eigenvalue weighted by molar-refractivity contribution is -0.0133. The van der Waals surface area contributed by atoms with Gasteiger partial charge in [-0.1, -0.05) is 0 Å². The normalized spacial score (nSPS) is 20.8. The summed E-state index contributed by atoms with van der Waals surface area (Å²) in [5, 5.41) is 6.68. The molecule has 0 spiro atoms. The van der Waals surface area contributed by atoms with E-state index in [0.29, 0.717) is 24.2 Å². The molecule has 1 fully saturated rings. The Morgan fingerprint density at radius 2 is 1.67 bits per heavy atom. The highest BCUT2D eigenvalue weighted by atomic mass is 16.5. The number of rotatable bonds is 6. The van der Waals surface area contributed by atoms with Gasteiger partial charge < -0.3 is 15.4 Å². The van der Waals surface area contributed by atoms with Crippen LogP contribution in [0.3, 0.4) is 0 Å². The van der Waals surface area contributed by atoms with Gasteiger partial charge in [-0.15, -0.1) is 0 Å². The lowest BCUT2D eigenvalue weighted by Gasteiger charge is -2.30. The molecule has 128 valence electrons. The zero-order valence-corrected chi connectivity index (χ0v) is 14.3. The molecule has 2 N–H and O–H groups in total. The molecular weight excluding hydrogens is 302 g/mol. The number of anilines is 3. The highest BCUT2D eigenvalue weighted by Gasteiger charge is 2.22. The molecule has 0 radical (unpaired) electrons. The summed E-state index contributed by atoms with van der Waals surface area (Å²) >= 11 is 0. The van der Waals surface area contributed by atoms with E-state index in [2.05, 4.69) is 39.4 Å². The maximum Gasteiger partial charge on any atom is 0.222 e. The first kappa shape index (κ1) is 16.6. The number of hydrogen-bond acceptors (Lipinski definition) is 6. The molecule has 0 atom stereocenters. The Bertz CT molecular complexity index is 609. The number of hydrogen-bond donors (Lipinski definition) is 2. The van der Waals surface area contributed by atoms with E-state index in [1.807, 2.05) is 12.1 Å². The zero-order valence-electron chi connectivity index (χ0n) is 14.3. The molecule has 0 aliphatic heterocycles.